The number of fused-ring (bicyclic) bond motifs is 3. The molecule has 0 amide bonds. The molecule has 2 aliphatic heterocycles. The van der Waals surface area contributed by atoms with Gasteiger partial charge in [-0.2, -0.15) is 0 Å². The van der Waals surface area contributed by atoms with Crippen LogP contribution in [0.4, 0.5) is 5.82 Å². The smallest absolute Gasteiger partial charge is 0.148 e. The second kappa shape index (κ2) is 4.57. The van der Waals surface area contributed by atoms with Gasteiger partial charge >= 0.3 is 0 Å². The number of anilines is 1. The molecule has 5 heteroatoms. The highest BCUT2D eigenvalue weighted by atomic mass is 35.5. The minimum atomic E-state index is -0.157. The SMILES string of the molecule is OC1CC2CCC(C1)N2c1cnc2cc(Cl)ccc2n1. The van der Waals surface area contributed by atoms with E-state index in [2.05, 4.69) is 9.88 Å². The topological polar surface area (TPSA) is 49.2 Å². The second-order valence-electron chi connectivity index (χ2n) is 5.78. The third-order valence-electron chi connectivity index (χ3n) is 4.46. The van der Waals surface area contributed by atoms with Gasteiger partial charge in [-0.1, -0.05) is 11.6 Å². The largest absolute Gasteiger partial charge is 0.393 e. The molecule has 0 aliphatic carbocycles. The van der Waals surface area contributed by atoms with Gasteiger partial charge in [-0.3, -0.25) is 4.98 Å². The number of piperidine rings is 1. The van der Waals surface area contributed by atoms with Crippen LogP contribution in [0.2, 0.25) is 5.02 Å². The number of aliphatic hydroxyl groups excluding tert-OH is 1. The molecule has 0 spiro atoms. The molecule has 0 saturated carbocycles. The van der Waals surface area contributed by atoms with Crippen molar-refractivity contribution in [1.29, 1.82) is 0 Å². The molecule has 2 aliphatic rings. The Balaban J connectivity index is 1.74. The molecule has 4 nitrogen and oxygen atoms in total. The maximum atomic E-state index is 9.88. The highest BCUT2D eigenvalue weighted by Gasteiger charge is 2.40. The van der Waals surface area contributed by atoms with Crippen LogP contribution in [0.1, 0.15) is 25.7 Å². The van der Waals surface area contributed by atoms with Crippen LogP contribution in [0.3, 0.4) is 0 Å². The summed E-state index contributed by atoms with van der Waals surface area (Å²) in [4.78, 5) is 11.6. The Labute approximate surface area is 122 Å². The highest BCUT2D eigenvalue weighted by molar-refractivity contribution is 6.31. The molecular formula is C15H16ClN3O. The van der Waals surface area contributed by atoms with Crippen molar-refractivity contribution in [1.82, 2.24) is 9.97 Å². The van der Waals surface area contributed by atoms with Crippen molar-refractivity contribution in [2.45, 2.75) is 43.9 Å². The maximum absolute atomic E-state index is 9.88. The number of benzene rings is 1. The first-order valence-electron chi connectivity index (χ1n) is 7.09. The summed E-state index contributed by atoms with van der Waals surface area (Å²) in [6.45, 7) is 0. The Morgan fingerprint density at radius 3 is 2.65 bits per heavy atom. The van der Waals surface area contributed by atoms with Gasteiger partial charge in [0.15, 0.2) is 0 Å². The van der Waals surface area contributed by atoms with Crippen molar-refractivity contribution in [2.75, 3.05) is 4.90 Å². The molecule has 2 bridgehead atoms. The first-order valence-corrected chi connectivity index (χ1v) is 7.47. The molecule has 2 fully saturated rings. The lowest BCUT2D eigenvalue weighted by Gasteiger charge is -2.37. The second-order valence-corrected chi connectivity index (χ2v) is 6.22. The first kappa shape index (κ1) is 12.4. The Hall–Kier alpha value is -1.39. The Morgan fingerprint density at radius 2 is 1.90 bits per heavy atom. The predicted octanol–water partition coefficient (Wildman–Crippen LogP) is 2.78. The molecule has 1 aromatic carbocycles. The molecule has 0 radical (unpaired) electrons. The van der Waals surface area contributed by atoms with E-state index in [0.717, 1.165) is 42.5 Å². The molecule has 3 heterocycles. The lowest BCUT2D eigenvalue weighted by Crippen LogP contribution is -2.45. The molecule has 2 aromatic rings. The van der Waals surface area contributed by atoms with E-state index in [-0.39, 0.29) is 6.10 Å². The summed E-state index contributed by atoms with van der Waals surface area (Å²) in [5.74, 6) is 0.930. The summed E-state index contributed by atoms with van der Waals surface area (Å²) in [7, 11) is 0. The Kier molecular flexibility index (Phi) is 2.82. The fourth-order valence-corrected chi connectivity index (χ4v) is 3.79. The van der Waals surface area contributed by atoms with Gasteiger partial charge in [-0.05, 0) is 43.9 Å². The number of aromatic nitrogens is 2. The number of hydrogen-bond donors (Lipinski definition) is 1. The summed E-state index contributed by atoms with van der Waals surface area (Å²) in [5, 5.41) is 10.6. The number of nitrogens with zero attached hydrogens (tertiary/aromatic N) is 3. The summed E-state index contributed by atoms with van der Waals surface area (Å²) in [6.07, 6.45) is 5.65. The number of halogens is 1. The van der Waals surface area contributed by atoms with E-state index in [4.69, 9.17) is 16.6 Å². The fraction of sp³-hybridized carbons (Fsp3) is 0.467. The van der Waals surface area contributed by atoms with Crippen molar-refractivity contribution >= 4 is 28.5 Å². The van der Waals surface area contributed by atoms with Crippen molar-refractivity contribution < 1.29 is 5.11 Å². The van der Waals surface area contributed by atoms with Gasteiger partial charge in [0.25, 0.3) is 0 Å². The van der Waals surface area contributed by atoms with E-state index >= 15 is 0 Å². The molecule has 1 aromatic heterocycles. The molecule has 104 valence electrons. The first-order chi connectivity index (χ1) is 9.70. The van der Waals surface area contributed by atoms with Gasteiger partial charge in [0, 0.05) is 17.1 Å². The van der Waals surface area contributed by atoms with E-state index in [0.29, 0.717) is 17.1 Å². The van der Waals surface area contributed by atoms with Crippen LogP contribution in [0.15, 0.2) is 24.4 Å². The number of hydrogen-bond acceptors (Lipinski definition) is 4. The van der Waals surface area contributed by atoms with Crippen LogP contribution in [0, 0.1) is 0 Å². The Morgan fingerprint density at radius 1 is 1.15 bits per heavy atom. The third kappa shape index (κ3) is 1.95. The van der Waals surface area contributed by atoms with Crippen LogP contribution in [-0.4, -0.2) is 33.3 Å². The Bertz CT molecular complexity index is 649. The van der Waals surface area contributed by atoms with Crippen molar-refractivity contribution in [3.8, 4) is 0 Å². The molecule has 20 heavy (non-hydrogen) atoms. The minimum Gasteiger partial charge on any atom is -0.393 e. The maximum Gasteiger partial charge on any atom is 0.148 e. The molecule has 2 saturated heterocycles. The lowest BCUT2D eigenvalue weighted by molar-refractivity contribution is 0.126. The minimum absolute atomic E-state index is 0.157. The van der Waals surface area contributed by atoms with Gasteiger partial charge < -0.3 is 10.0 Å². The van der Waals surface area contributed by atoms with E-state index in [1.165, 1.54) is 0 Å². The zero-order chi connectivity index (χ0) is 13.7. The number of aliphatic hydroxyl groups is 1. The van der Waals surface area contributed by atoms with Gasteiger partial charge in [-0.25, -0.2) is 4.98 Å². The summed E-state index contributed by atoms with van der Waals surface area (Å²) < 4.78 is 0. The molecule has 4 rings (SSSR count). The monoisotopic (exact) mass is 289 g/mol. The number of rotatable bonds is 1. The average molecular weight is 290 g/mol. The van der Waals surface area contributed by atoms with Crippen LogP contribution in [0.25, 0.3) is 11.0 Å². The molecular weight excluding hydrogens is 274 g/mol. The summed E-state index contributed by atoms with van der Waals surface area (Å²) in [6, 6.07) is 6.40. The van der Waals surface area contributed by atoms with Crippen LogP contribution >= 0.6 is 11.6 Å². The van der Waals surface area contributed by atoms with E-state index in [9.17, 15) is 5.11 Å². The van der Waals surface area contributed by atoms with Gasteiger partial charge in [-0.15, -0.1) is 0 Å². The van der Waals surface area contributed by atoms with Crippen molar-refractivity contribution in [3.63, 3.8) is 0 Å². The lowest BCUT2D eigenvalue weighted by atomic mass is 10.00. The van der Waals surface area contributed by atoms with Crippen LogP contribution in [0.5, 0.6) is 0 Å². The third-order valence-corrected chi connectivity index (χ3v) is 4.70. The molecule has 2 unspecified atom stereocenters. The van der Waals surface area contributed by atoms with Crippen LogP contribution < -0.4 is 4.90 Å². The van der Waals surface area contributed by atoms with E-state index in [1.807, 2.05) is 24.4 Å². The average Bonchev–Trinajstić information content (AvgIpc) is 2.70. The normalized spacial score (nSPS) is 29.1. The zero-order valence-electron chi connectivity index (χ0n) is 11.0. The summed E-state index contributed by atoms with van der Waals surface area (Å²) >= 11 is 5.97. The van der Waals surface area contributed by atoms with Crippen molar-refractivity contribution in [2.24, 2.45) is 0 Å². The van der Waals surface area contributed by atoms with Crippen molar-refractivity contribution in [3.05, 3.63) is 29.4 Å². The van der Waals surface area contributed by atoms with E-state index in [1.54, 1.807) is 0 Å². The molecule has 1 N–H and O–H groups in total. The highest BCUT2D eigenvalue weighted by Crippen LogP contribution is 2.38. The van der Waals surface area contributed by atoms with Gasteiger partial charge in [0.1, 0.15) is 5.82 Å². The standard InChI is InChI=1S/C15H16ClN3O/c16-9-1-4-13-14(5-9)17-8-15(18-13)19-10-2-3-11(19)7-12(20)6-10/h1,4-5,8,10-12,20H,2-3,6-7H2. The zero-order valence-corrected chi connectivity index (χ0v) is 11.8. The summed E-state index contributed by atoms with van der Waals surface area (Å²) in [5.41, 5.74) is 1.70. The fourth-order valence-electron chi connectivity index (χ4n) is 3.62. The molecule has 2 atom stereocenters. The van der Waals surface area contributed by atoms with Crippen LogP contribution in [-0.2, 0) is 0 Å². The van der Waals surface area contributed by atoms with Gasteiger partial charge in [0.05, 0.1) is 23.3 Å². The van der Waals surface area contributed by atoms with Gasteiger partial charge in [0.2, 0.25) is 0 Å². The van der Waals surface area contributed by atoms with E-state index < -0.39 is 0 Å². The predicted molar refractivity (Wildman–Crippen MR) is 79.1 cm³/mol. The quantitative estimate of drug-likeness (QED) is 0.877.